The molecule has 2 unspecified atom stereocenters. The van der Waals surface area contributed by atoms with Gasteiger partial charge < -0.3 is 55.1 Å². The standard InChI is InChI=1S/C51H44N6O12.Zn/c1-4-6-18-39(68-37-22-20-30(48(60)61)24-32(37)50(64)65)46(58)56-44-34(27-52)41(28-14-10-8-11-15-28)35(54-44)26-36-42(29-16-12-9-13-17-29)43(53-3)45(55-36)57-47(59)40(19-7-5-2)69-38-23-21-31(49(62)63)25-33(38)51(66)67;/h8-17,20-26,39-40H,4-7,18-19H2,1-2H3,(H7,54,55,56,57,58,59,60,61,62,63,64,65,66,67);/p-3. The van der Waals surface area contributed by atoms with E-state index >= 15 is 0 Å². The maximum Gasteiger partial charge on any atom is 0.339 e. The molecule has 1 aromatic heterocycles. The number of nitriles is 1. The van der Waals surface area contributed by atoms with E-state index in [0.29, 0.717) is 36.8 Å². The van der Waals surface area contributed by atoms with Gasteiger partial charge in [-0.2, -0.15) is 5.26 Å². The van der Waals surface area contributed by atoms with E-state index in [4.69, 9.17) is 26.0 Å². The zero-order valence-corrected chi connectivity index (χ0v) is 40.7. The van der Waals surface area contributed by atoms with Gasteiger partial charge in [-0.3, -0.25) is 9.59 Å². The third kappa shape index (κ3) is 12.1. The SMILES string of the molecule is [C-]#[N+]c1c(NC(=O)C(CCCC)Oc2ccc(C(=O)[O-])cc2C(=O)O)[n-]c(/C=C2\N=C(NC(=O)C(CCCC)Oc3ccc(C(=O)[O-])cc3C(=O)O)C(C#N)=C2c2ccccc2)c1-c1ccccc1.[Zn]. The van der Waals surface area contributed by atoms with Crippen LogP contribution in [0.4, 0.5) is 11.5 Å². The van der Waals surface area contributed by atoms with Crippen molar-refractivity contribution < 1.29 is 78.1 Å². The van der Waals surface area contributed by atoms with Gasteiger partial charge in [0.15, 0.2) is 29.6 Å². The van der Waals surface area contributed by atoms with Crippen LogP contribution in [0.2, 0.25) is 0 Å². The summed E-state index contributed by atoms with van der Waals surface area (Å²) in [5, 5.41) is 58.7. The molecule has 18 nitrogen and oxygen atoms in total. The zero-order valence-electron chi connectivity index (χ0n) is 37.7. The number of nitrogens with one attached hydrogen (secondary N) is 2. The molecule has 0 radical (unpaired) electrons. The van der Waals surface area contributed by atoms with Gasteiger partial charge in [0.05, 0.1) is 24.2 Å². The summed E-state index contributed by atoms with van der Waals surface area (Å²) in [6.45, 7) is 12.0. The van der Waals surface area contributed by atoms with E-state index in [-0.39, 0.29) is 89.3 Å². The summed E-state index contributed by atoms with van der Waals surface area (Å²) in [5.41, 5.74) is -0.289. The number of aromatic carboxylic acids is 4. The Morgan fingerprint density at radius 1 is 0.771 bits per heavy atom. The Kier molecular flexibility index (Phi) is 17.8. The summed E-state index contributed by atoms with van der Waals surface area (Å²) in [5.74, 6) is -8.80. The van der Waals surface area contributed by atoms with E-state index in [1.165, 1.54) is 6.08 Å². The third-order valence-corrected chi connectivity index (χ3v) is 10.7. The minimum atomic E-state index is -1.61. The molecule has 4 N–H and O–H groups in total. The molecule has 0 saturated carbocycles. The van der Waals surface area contributed by atoms with E-state index in [0.717, 1.165) is 36.4 Å². The molecule has 6 rings (SSSR count). The maximum atomic E-state index is 14.1. The first kappa shape index (κ1) is 52.3. The number of aromatic nitrogens is 1. The Labute approximate surface area is 413 Å². The number of nitrogens with zero attached hydrogens (tertiary/aromatic N) is 4. The van der Waals surface area contributed by atoms with Gasteiger partial charge in [-0.05, 0) is 102 Å². The zero-order chi connectivity index (χ0) is 49.8. The fourth-order valence-corrected chi connectivity index (χ4v) is 7.29. The number of amides is 2. The van der Waals surface area contributed by atoms with Gasteiger partial charge in [-0.25, -0.2) is 19.4 Å². The van der Waals surface area contributed by atoms with Crippen LogP contribution in [0.1, 0.15) is 105 Å². The van der Waals surface area contributed by atoms with Gasteiger partial charge in [0.25, 0.3) is 5.91 Å². The number of allylic oxidation sites excluding steroid dienone is 1. The molecule has 4 aromatic carbocycles. The number of carbonyl (C=O) groups excluding carboxylic acids is 4. The molecule has 19 heteroatoms. The number of rotatable bonds is 20. The molecule has 5 aromatic rings. The van der Waals surface area contributed by atoms with Crippen molar-refractivity contribution >= 4 is 64.7 Å². The predicted octanol–water partition coefficient (Wildman–Crippen LogP) is 6.04. The second-order valence-electron chi connectivity index (χ2n) is 15.3. The molecule has 2 amide bonds. The van der Waals surface area contributed by atoms with E-state index in [1.54, 1.807) is 60.7 Å². The summed E-state index contributed by atoms with van der Waals surface area (Å²) in [6, 6.07) is 25.5. The first-order valence-electron chi connectivity index (χ1n) is 21.5. The van der Waals surface area contributed by atoms with E-state index in [1.807, 2.05) is 13.8 Å². The summed E-state index contributed by atoms with van der Waals surface area (Å²) >= 11 is 0. The topological polar surface area (TPSA) is 286 Å². The van der Waals surface area contributed by atoms with Gasteiger partial charge in [-0.15, -0.1) is 0 Å². The van der Waals surface area contributed by atoms with Crippen LogP contribution in [0.3, 0.4) is 0 Å². The van der Waals surface area contributed by atoms with E-state index < -0.39 is 70.2 Å². The molecule has 0 aliphatic carbocycles. The number of carboxylic acid groups (broad SMARTS) is 4. The molecule has 352 valence electrons. The van der Waals surface area contributed by atoms with Gasteiger partial charge >= 0.3 is 11.9 Å². The molecule has 0 saturated heterocycles. The van der Waals surface area contributed by atoms with Crippen LogP contribution in [-0.2, 0) is 29.1 Å². The Bertz CT molecular complexity index is 3020. The van der Waals surface area contributed by atoms with Crippen molar-refractivity contribution in [2.75, 3.05) is 5.32 Å². The van der Waals surface area contributed by atoms with Crippen molar-refractivity contribution in [1.29, 1.82) is 5.26 Å². The summed E-state index contributed by atoms with van der Waals surface area (Å²) < 4.78 is 11.9. The minimum absolute atomic E-state index is 0. The van der Waals surface area contributed by atoms with Gasteiger partial charge in [0.2, 0.25) is 0 Å². The van der Waals surface area contributed by atoms with Gasteiger partial charge in [-0.1, -0.05) is 93.2 Å². The Morgan fingerprint density at radius 2 is 1.26 bits per heavy atom. The molecule has 0 fully saturated rings. The molecule has 0 bridgehead atoms. The molecule has 2 heterocycles. The van der Waals surface area contributed by atoms with Gasteiger partial charge in [0.1, 0.15) is 34.3 Å². The first-order chi connectivity index (χ1) is 33.2. The Morgan fingerprint density at radius 3 is 1.70 bits per heavy atom. The quantitative estimate of drug-likeness (QED) is 0.0511. The van der Waals surface area contributed by atoms with Crippen molar-refractivity contribution in [2.45, 2.75) is 64.6 Å². The number of benzene rings is 4. The first-order valence-corrected chi connectivity index (χ1v) is 21.5. The van der Waals surface area contributed by atoms with Crippen molar-refractivity contribution in [3.8, 4) is 28.7 Å². The molecular weight excluding hydrogens is 954 g/mol. The number of carboxylic acids is 4. The third-order valence-electron chi connectivity index (χ3n) is 10.7. The number of anilines is 1. The molecule has 1 aliphatic rings. The summed E-state index contributed by atoms with van der Waals surface area (Å²) in [4.78, 5) is 88.7. The van der Waals surface area contributed by atoms with Crippen LogP contribution in [0, 0.1) is 17.9 Å². The number of amidine groups is 1. The van der Waals surface area contributed by atoms with Crippen LogP contribution in [-0.4, -0.2) is 63.9 Å². The molecule has 1 aliphatic heterocycles. The average Bonchev–Trinajstić information content (AvgIpc) is 3.87. The van der Waals surface area contributed by atoms with Crippen LogP contribution in [0.15, 0.2) is 113 Å². The largest absolute Gasteiger partial charge is 0.545 e. The van der Waals surface area contributed by atoms with Crippen molar-refractivity contribution in [3.63, 3.8) is 0 Å². The Hall–Kier alpha value is -8.67. The van der Waals surface area contributed by atoms with Crippen molar-refractivity contribution in [3.05, 3.63) is 153 Å². The van der Waals surface area contributed by atoms with Crippen molar-refractivity contribution in [2.24, 2.45) is 4.99 Å². The number of hydrogen-bond donors (Lipinski definition) is 4. The summed E-state index contributed by atoms with van der Waals surface area (Å²) in [6.07, 6.45) is 1.10. The summed E-state index contributed by atoms with van der Waals surface area (Å²) in [7, 11) is 0. The number of ether oxygens (including phenoxy) is 2. The molecular formula is C51H41N6O12Zn-3. The normalized spacial score (nSPS) is 13.1. The number of carbonyl (C=O) groups is 6. The smallest absolute Gasteiger partial charge is 0.339 e. The fraction of sp³-hybridized carbons (Fsp3) is 0.196. The number of hydrogen-bond acceptors (Lipinski definition) is 12. The van der Waals surface area contributed by atoms with Crippen LogP contribution >= 0.6 is 0 Å². The average molecular weight is 995 g/mol. The van der Waals surface area contributed by atoms with Crippen molar-refractivity contribution in [1.82, 2.24) is 10.3 Å². The van der Waals surface area contributed by atoms with Gasteiger partial charge in [0, 0.05) is 25.1 Å². The van der Waals surface area contributed by atoms with E-state index in [2.05, 4.69) is 21.5 Å². The number of aliphatic imine (C=N–C) groups is 1. The van der Waals surface area contributed by atoms with E-state index in [9.17, 15) is 54.5 Å². The predicted molar refractivity (Wildman–Crippen MR) is 246 cm³/mol. The van der Waals surface area contributed by atoms with Crippen LogP contribution < -0.4 is 35.3 Å². The second-order valence-corrected chi connectivity index (χ2v) is 15.3. The van der Waals surface area contributed by atoms with Crippen LogP contribution in [0.5, 0.6) is 11.5 Å². The molecule has 70 heavy (non-hydrogen) atoms. The fourth-order valence-electron chi connectivity index (χ4n) is 7.29. The Balaban J connectivity index is 0.00000913. The monoisotopic (exact) mass is 993 g/mol. The minimum Gasteiger partial charge on any atom is -0.545 e. The second kappa shape index (κ2) is 23.9. The molecule has 2 atom stereocenters. The molecule has 0 spiro atoms. The maximum absolute atomic E-state index is 14.1. The number of unbranched alkanes of at least 4 members (excludes halogenated alkanes) is 2. The van der Waals surface area contributed by atoms with Crippen LogP contribution in [0.25, 0.3) is 27.6 Å².